The van der Waals surface area contributed by atoms with E-state index in [1.54, 1.807) is 6.26 Å². The molecule has 86 valence electrons. The van der Waals surface area contributed by atoms with Gasteiger partial charge in [0.15, 0.2) is 4.67 Å². The van der Waals surface area contributed by atoms with Gasteiger partial charge in [0.25, 0.3) is 0 Å². The summed E-state index contributed by atoms with van der Waals surface area (Å²) in [5.41, 5.74) is 2.18. The van der Waals surface area contributed by atoms with E-state index in [9.17, 15) is 0 Å². The average molecular weight is 284 g/mol. The number of hydrogen-bond acceptors (Lipinski definition) is 3. The standard InChI is InChI=1S/C11H14BrN3O/c1-13-10(9-4-6-16-11(9)12)7-8-3-5-15(2)14-8/h3-6,10,13H,7H2,1-2H3. The van der Waals surface area contributed by atoms with E-state index in [1.165, 1.54) is 0 Å². The Morgan fingerprint density at radius 2 is 2.38 bits per heavy atom. The van der Waals surface area contributed by atoms with Crippen molar-refractivity contribution in [1.29, 1.82) is 0 Å². The molecule has 0 aliphatic carbocycles. The molecule has 1 unspecified atom stereocenters. The smallest absolute Gasteiger partial charge is 0.173 e. The van der Waals surface area contributed by atoms with Crippen molar-refractivity contribution in [1.82, 2.24) is 15.1 Å². The molecule has 0 aliphatic heterocycles. The highest BCUT2D eigenvalue weighted by molar-refractivity contribution is 9.10. The lowest BCUT2D eigenvalue weighted by molar-refractivity contribution is 0.515. The summed E-state index contributed by atoms with van der Waals surface area (Å²) in [7, 11) is 3.86. The van der Waals surface area contributed by atoms with Crippen LogP contribution in [0.25, 0.3) is 0 Å². The highest BCUT2D eigenvalue weighted by Gasteiger charge is 2.16. The minimum Gasteiger partial charge on any atom is -0.457 e. The summed E-state index contributed by atoms with van der Waals surface area (Å²) in [5, 5.41) is 7.63. The van der Waals surface area contributed by atoms with E-state index in [2.05, 4.69) is 26.3 Å². The fourth-order valence-electron chi connectivity index (χ4n) is 1.70. The van der Waals surface area contributed by atoms with Gasteiger partial charge in [0.05, 0.1) is 12.0 Å². The molecule has 0 aromatic carbocycles. The van der Waals surface area contributed by atoms with Gasteiger partial charge < -0.3 is 9.73 Å². The zero-order valence-electron chi connectivity index (χ0n) is 9.27. The number of hydrogen-bond donors (Lipinski definition) is 1. The molecular weight excluding hydrogens is 270 g/mol. The van der Waals surface area contributed by atoms with Crippen molar-refractivity contribution >= 4 is 15.9 Å². The minimum atomic E-state index is 0.211. The highest BCUT2D eigenvalue weighted by atomic mass is 79.9. The molecule has 5 heteroatoms. The summed E-state index contributed by atoms with van der Waals surface area (Å²) >= 11 is 3.39. The van der Waals surface area contributed by atoms with Crippen LogP contribution < -0.4 is 5.32 Å². The average Bonchev–Trinajstić information content (AvgIpc) is 2.84. The SMILES string of the molecule is CNC(Cc1ccn(C)n1)c1ccoc1Br. The quantitative estimate of drug-likeness (QED) is 0.936. The Bertz CT molecular complexity index is 463. The third kappa shape index (κ3) is 2.36. The van der Waals surface area contributed by atoms with Crippen molar-refractivity contribution in [3.8, 4) is 0 Å². The highest BCUT2D eigenvalue weighted by Crippen LogP contribution is 2.26. The van der Waals surface area contributed by atoms with Gasteiger partial charge in [-0.2, -0.15) is 5.10 Å². The second-order valence-corrected chi connectivity index (χ2v) is 4.40. The minimum absolute atomic E-state index is 0.211. The molecule has 2 aromatic heterocycles. The summed E-state index contributed by atoms with van der Waals surface area (Å²) in [6.45, 7) is 0. The van der Waals surface area contributed by atoms with Gasteiger partial charge in [-0.3, -0.25) is 4.68 Å². The molecule has 1 atom stereocenters. The molecule has 0 saturated carbocycles. The summed E-state index contributed by atoms with van der Waals surface area (Å²) < 4.78 is 7.83. The lowest BCUT2D eigenvalue weighted by Gasteiger charge is -2.13. The largest absolute Gasteiger partial charge is 0.457 e. The fourth-order valence-corrected chi connectivity index (χ4v) is 2.22. The van der Waals surface area contributed by atoms with Gasteiger partial charge in [-0.15, -0.1) is 0 Å². The van der Waals surface area contributed by atoms with Gasteiger partial charge >= 0.3 is 0 Å². The van der Waals surface area contributed by atoms with Crippen molar-refractivity contribution in [3.63, 3.8) is 0 Å². The zero-order valence-corrected chi connectivity index (χ0v) is 10.9. The lowest BCUT2D eigenvalue weighted by atomic mass is 10.1. The molecule has 16 heavy (non-hydrogen) atoms. The maximum Gasteiger partial charge on any atom is 0.173 e. The molecule has 1 N–H and O–H groups in total. The van der Waals surface area contributed by atoms with Gasteiger partial charge in [0.1, 0.15) is 0 Å². The van der Waals surface area contributed by atoms with Crippen LogP contribution >= 0.6 is 15.9 Å². The Morgan fingerprint density at radius 3 is 2.88 bits per heavy atom. The first-order valence-electron chi connectivity index (χ1n) is 5.09. The van der Waals surface area contributed by atoms with Crippen molar-refractivity contribution in [2.75, 3.05) is 7.05 Å². The molecule has 0 spiro atoms. The third-order valence-corrected chi connectivity index (χ3v) is 3.20. The molecule has 2 heterocycles. The number of aromatic nitrogens is 2. The number of furan rings is 1. The van der Waals surface area contributed by atoms with Crippen LogP contribution in [0.5, 0.6) is 0 Å². The lowest BCUT2D eigenvalue weighted by Crippen LogP contribution is -2.19. The van der Waals surface area contributed by atoms with Gasteiger partial charge in [0, 0.05) is 31.3 Å². The molecular formula is C11H14BrN3O. The monoisotopic (exact) mass is 283 g/mol. The van der Waals surface area contributed by atoms with E-state index in [1.807, 2.05) is 37.1 Å². The summed E-state index contributed by atoms with van der Waals surface area (Å²) in [5.74, 6) is 0. The number of halogens is 1. The van der Waals surface area contributed by atoms with Gasteiger partial charge in [0.2, 0.25) is 0 Å². The molecule has 0 radical (unpaired) electrons. The number of nitrogens with zero attached hydrogens (tertiary/aromatic N) is 2. The number of likely N-dealkylation sites (N-methyl/N-ethyl adjacent to an activating group) is 1. The van der Waals surface area contributed by atoms with Gasteiger partial charge in [-0.25, -0.2) is 0 Å². The third-order valence-electron chi connectivity index (χ3n) is 2.55. The van der Waals surface area contributed by atoms with E-state index in [0.29, 0.717) is 0 Å². The Morgan fingerprint density at radius 1 is 1.56 bits per heavy atom. The first-order chi connectivity index (χ1) is 7.70. The van der Waals surface area contributed by atoms with E-state index in [0.717, 1.165) is 22.3 Å². The van der Waals surface area contributed by atoms with Crippen LogP contribution in [-0.4, -0.2) is 16.8 Å². The number of rotatable bonds is 4. The van der Waals surface area contributed by atoms with Crippen molar-refractivity contribution < 1.29 is 4.42 Å². The van der Waals surface area contributed by atoms with E-state index >= 15 is 0 Å². The fraction of sp³-hybridized carbons (Fsp3) is 0.364. The molecule has 4 nitrogen and oxygen atoms in total. The molecule has 0 aliphatic rings. The summed E-state index contributed by atoms with van der Waals surface area (Å²) in [6.07, 6.45) is 4.48. The van der Waals surface area contributed by atoms with Crippen molar-refractivity contribution in [2.45, 2.75) is 12.5 Å². The van der Waals surface area contributed by atoms with Crippen LogP contribution in [0.3, 0.4) is 0 Å². The van der Waals surface area contributed by atoms with E-state index in [4.69, 9.17) is 4.42 Å². The Hall–Kier alpha value is -1.07. The normalized spacial score (nSPS) is 12.9. The topological polar surface area (TPSA) is 43.0 Å². The van der Waals surface area contributed by atoms with Gasteiger partial charge in [-0.05, 0) is 35.1 Å². The number of nitrogens with one attached hydrogen (secondary N) is 1. The maximum atomic E-state index is 5.24. The molecule has 2 aromatic rings. The van der Waals surface area contributed by atoms with Crippen molar-refractivity contribution in [2.24, 2.45) is 7.05 Å². The van der Waals surface area contributed by atoms with Crippen LogP contribution in [0.15, 0.2) is 33.7 Å². The van der Waals surface area contributed by atoms with Gasteiger partial charge in [-0.1, -0.05) is 0 Å². The molecule has 0 amide bonds. The van der Waals surface area contributed by atoms with Crippen molar-refractivity contribution in [3.05, 3.63) is 40.5 Å². The van der Waals surface area contributed by atoms with Crippen LogP contribution in [-0.2, 0) is 13.5 Å². The van der Waals surface area contributed by atoms with Crippen LogP contribution in [0.1, 0.15) is 17.3 Å². The maximum absolute atomic E-state index is 5.24. The zero-order chi connectivity index (χ0) is 11.5. The van der Waals surface area contributed by atoms with Crippen LogP contribution in [0.4, 0.5) is 0 Å². The molecule has 2 rings (SSSR count). The predicted octanol–water partition coefficient (Wildman–Crippen LogP) is 2.28. The first-order valence-corrected chi connectivity index (χ1v) is 5.88. The number of aryl methyl sites for hydroxylation is 1. The predicted molar refractivity (Wildman–Crippen MR) is 65.1 cm³/mol. The van der Waals surface area contributed by atoms with Crippen LogP contribution in [0, 0.1) is 0 Å². The Kier molecular flexibility index (Phi) is 3.46. The van der Waals surface area contributed by atoms with E-state index < -0.39 is 0 Å². The second-order valence-electron chi connectivity index (χ2n) is 3.68. The first kappa shape index (κ1) is 11.4. The summed E-state index contributed by atoms with van der Waals surface area (Å²) in [4.78, 5) is 0. The molecule has 0 saturated heterocycles. The Labute approximate surface area is 103 Å². The summed E-state index contributed by atoms with van der Waals surface area (Å²) in [6, 6.07) is 4.20. The Balaban J connectivity index is 2.15. The molecule has 0 bridgehead atoms. The second kappa shape index (κ2) is 4.84. The molecule has 0 fully saturated rings. The van der Waals surface area contributed by atoms with Crippen LogP contribution in [0.2, 0.25) is 0 Å². The van der Waals surface area contributed by atoms with E-state index in [-0.39, 0.29) is 6.04 Å².